The smallest absolute Gasteiger partial charge is 0.244 e. The summed E-state index contributed by atoms with van der Waals surface area (Å²) in [7, 11) is 1.62. The van der Waals surface area contributed by atoms with Gasteiger partial charge in [-0.25, -0.2) is 0 Å². The van der Waals surface area contributed by atoms with Gasteiger partial charge in [0, 0.05) is 5.69 Å². The van der Waals surface area contributed by atoms with Crippen LogP contribution in [-0.4, -0.2) is 13.0 Å². The van der Waals surface area contributed by atoms with Crippen LogP contribution in [0.2, 0.25) is 0 Å². The zero-order valence-electron chi connectivity index (χ0n) is 12.5. The summed E-state index contributed by atoms with van der Waals surface area (Å²) in [5.74, 6) is 0.376. The summed E-state index contributed by atoms with van der Waals surface area (Å²) in [5, 5.41) is 3.21. The van der Waals surface area contributed by atoms with Crippen LogP contribution in [0.3, 0.4) is 0 Å². The third kappa shape index (κ3) is 3.34. The third-order valence-electron chi connectivity index (χ3n) is 3.48. The molecule has 0 saturated heterocycles. The molecule has 2 aromatic rings. The maximum absolute atomic E-state index is 11.8. The van der Waals surface area contributed by atoms with E-state index in [4.69, 9.17) is 10.5 Å². The molecule has 0 aliphatic heterocycles. The molecule has 3 N–H and O–H groups in total. The molecule has 0 aliphatic rings. The third-order valence-corrected chi connectivity index (χ3v) is 3.48. The van der Waals surface area contributed by atoms with E-state index in [1.54, 1.807) is 7.11 Å². The van der Waals surface area contributed by atoms with Gasteiger partial charge in [-0.1, -0.05) is 24.3 Å². The summed E-state index contributed by atoms with van der Waals surface area (Å²) < 4.78 is 5.24. The van der Waals surface area contributed by atoms with Crippen LogP contribution >= 0.6 is 0 Å². The van der Waals surface area contributed by atoms with Crippen LogP contribution in [0.4, 0.5) is 5.69 Å². The van der Waals surface area contributed by atoms with Crippen molar-refractivity contribution in [3.63, 3.8) is 0 Å². The maximum Gasteiger partial charge on any atom is 0.244 e. The first-order chi connectivity index (χ1) is 10.0. The first-order valence-corrected chi connectivity index (χ1v) is 6.79. The van der Waals surface area contributed by atoms with E-state index in [0.29, 0.717) is 0 Å². The standard InChI is InChI=1S/C17H20N2O2/c1-11-6-4-5-7-14(11)19-16(17(18)20)13-8-9-15(21-3)12(2)10-13/h4-10,16,19H,1-3H3,(H2,18,20). The van der Waals surface area contributed by atoms with Crippen molar-refractivity contribution in [3.8, 4) is 5.75 Å². The number of aryl methyl sites for hydroxylation is 2. The predicted octanol–water partition coefficient (Wildman–Crippen LogP) is 2.95. The van der Waals surface area contributed by atoms with Gasteiger partial charge in [0.1, 0.15) is 11.8 Å². The van der Waals surface area contributed by atoms with Gasteiger partial charge in [-0.15, -0.1) is 0 Å². The minimum absolute atomic E-state index is 0.414. The normalized spacial score (nSPS) is 11.8. The molecular weight excluding hydrogens is 264 g/mol. The van der Waals surface area contributed by atoms with Crippen molar-refractivity contribution < 1.29 is 9.53 Å². The molecule has 0 spiro atoms. The van der Waals surface area contributed by atoms with E-state index in [9.17, 15) is 4.79 Å². The Labute approximate surface area is 124 Å². The Morgan fingerprint density at radius 3 is 2.43 bits per heavy atom. The summed E-state index contributed by atoms with van der Waals surface area (Å²) in [6.45, 7) is 3.92. The zero-order chi connectivity index (χ0) is 15.4. The Morgan fingerprint density at radius 1 is 1.14 bits per heavy atom. The summed E-state index contributed by atoms with van der Waals surface area (Å²) in [6.07, 6.45) is 0. The number of anilines is 1. The molecule has 4 heteroatoms. The van der Waals surface area contributed by atoms with Crippen molar-refractivity contribution in [2.75, 3.05) is 12.4 Å². The number of hydrogen-bond donors (Lipinski definition) is 2. The van der Waals surface area contributed by atoms with Crippen LogP contribution in [0.25, 0.3) is 0 Å². The maximum atomic E-state index is 11.8. The second-order valence-corrected chi connectivity index (χ2v) is 5.02. The number of nitrogens with two attached hydrogens (primary N) is 1. The monoisotopic (exact) mass is 284 g/mol. The summed E-state index contributed by atoms with van der Waals surface area (Å²) in [6, 6.07) is 12.8. The number of benzene rings is 2. The number of methoxy groups -OCH3 is 1. The van der Waals surface area contributed by atoms with Crippen LogP contribution in [0, 0.1) is 13.8 Å². The Morgan fingerprint density at radius 2 is 1.86 bits per heavy atom. The summed E-state index contributed by atoms with van der Waals surface area (Å²) in [5.41, 5.74) is 9.31. The molecule has 1 unspecified atom stereocenters. The average Bonchev–Trinajstić information content (AvgIpc) is 2.46. The SMILES string of the molecule is COc1ccc(C(Nc2ccccc2C)C(N)=O)cc1C. The number of ether oxygens (including phenoxy) is 1. The van der Waals surface area contributed by atoms with E-state index in [0.717, 1.165) is 28.1 Å². The quantitative estimate of drug-likeness (QED) is 0.887. The topological polar surface area (TPSA) is 64.3 Å². The zero-order valence-corrected chi connectivity index (χ0v) is 12.5. The number of carbonyl (C=O) groups is 1. The molecule has 21 heavy (non-hydrogen) atoms. The number of carbonyl (C=O) groups excluding carboxylic acids is 1. The van der Waals surface area contributed by atoms with Crippen LogP contribution in [0.15, 0.2) is 42.5 Å². The van der Waals surface area contributed by atoms with Gasteiger partial charge in [0.25, 0.3) is 0 Å². The molecule has 0 saturated carbocycles. The Hall–Kier alpha value is -2.49. The molecule has 0 aliphatic carbocycles. The van der Waals surface area contributed by atoms with Crippen LogP contribution in [0.5, 0.6) is 5.75 Å². The minimum atomic E-state index is -0.573. The van der Waals surface area contributed by atoms with E-state index in [1.807, 2.05) is 56.3 Å². The van der Waals surface area contributed by atoms with Crippen molar-refractivity contribution in [2.24, 2.45) is 5.73 Å². The number of amides is 1. The fourth-order valence-corrected chi connectivity index (χ4v) is 2.29. The fourth-order valence-electron chi connectivity index (χ4n) is 2.29. The van der Waals surface area contributed by atoms with E-state index in [2.05, 4.69) is 5.32 Å². The van der Waals surface area contributed by atoms with Gasteiger partial charge in [-0.2, -0.15) is 0 Å². The Bertz CT molecular complexity index is 653. The highest BCUT2D eigenvalue weighted by Gasteiger charge is 2.19. The molecule has 2 rings (SSSR count). The second kappa shape index (κ2) is 6.31. The van der Waals surface area contributed by atoms with Crippen molar-refractivity contribution in [1.82, 2.24) is 0 Å². The molecule has 0 fully saturated rings. The van der Waals surface area contributed by atoms with Gasteiger partial charge in [0.2, 0.25) is 5.91 Å². The number of hydrogen-bond acceptors (Lipinski definition) is 3. The molecule has 1 amide bonds. The lowest BCUT2D eigenvalue weighted by Gasteiger charge is -2.19. The molecule has 1 atom stereocenters. The first-order valence-electron chi connectivity index (χ1n) is 6.79. The van der Waals surface area contributed by atoms with Gasteiger partial charge in [0.05, 0.1) is 7.11 Å². The first kappa shape index (κ1) is 14.9. The molecule has 0 aromatic heterocycles. The average molecular weight is 284 g/mol. The minimum Gasteiger partial charge on any atom is -0.496 e. The molecule has 4 nitrogen and oxygen atoms in total. The lowest BCUT2D eigenvalue weighted by atomic mass is 10.0. The van der Waals surface area contributed by atoms with Crippen molar-refractivity contribution in [2.45, 2.75) is 19.9 Å². The molecule has 110 valence electrons. The summed E-state index contributed by atoms with van der Waals surface area (Å²) >= 11 is 0. The fraction of sp³-hybridized carbons (Fsp3) is 0.235. The van der Waals surface area contributed by atoms with Gasteiger partial charge in [-0.05, 0) is 48.7 Å². The number of primary amides is 1. The largest absolute Gasteiger partial charge is 0.496 e. The second-order valence-electron chi connectivity index (χ2n) is 5.02. The highest BCUT2D eigenvalue weighted by Crippen LogP contribution is 2.26. The molecule has 0 bridgehead atoms. The Kier molecular flexibility index (Phi) is 4.48. The number of para-hydroxylation sites is 1. The molecule has 2 aromatic carbocycles. The summed E-state index contributed by atoms with van der Waals surface area (Å²) in [4.78, 5) is 11.8. The van der Waals surface area contributed by atoms with Crippen LogP contribution < -0.4 is 15.8 Å². The Balaban J connectivity index is 2.34. The highest BCUT2D eigenvalue weighted by atomic mass is 16.5. The van der Waals surface area contributed by atoms with Crippen molar-refractivity contribution in [1.29, 1.82) is 0 Å². The van der Waals surface area contributed by atoms with Crippen molar-refractivity contribution in [3.05, 3.63) is 59.2 Å². The highest BCUT2D eigenvalue weighted by molar-refractivity contribution is 5.84. The number of nitrogens with one attached hydrogen (secondary N) is 1. The van der Waals surface area contributed by atoms with Crippen LogP contribution in [0.1, 0.15) is 22.7 Å². The van der Waals surface area contributed by atoms with Gasteiger partial charge in [0.15, 0.2) is 0 Å². The molecular formula is C17H20N2O2. The van der Waals surface area contributed by atoms with E-state index in [1.165, 1.54) is 0 Å². The number of rotatable bonds is 5. The molecule has 0 radical (unpaired) electrons. The lowest BCUT2D eigenvalue weighted by Crippen LogP contribution is -2.28. The lowest BCUT2D eigenvalue weighted by molar-refractivity contribution is -0.118. The van der Waals surface area contributed by atoms with Gasteiger partial charge < -0.3 is 15.8 Å². The van der Waals surface area contributed by atoms with E-state index in [-0.39, 0.29) is 0 Å². The van der Waals surface area contributed by atoms with E-state index >= 15 is 0 Å². The van der Waals surface area contributed by atoms with Crippen LogP contribution in [-0.2, 0) is 4.79 Å². The van der Waals surface area contributed by atoms with Crippen molar-refractivity contribution >= 4 is 11.6 Å². The van der Waals surface area contributed by atoms with Gasteiger partial charge in [-0.3, -0.25) is 4.79 Å². The predicted molar refractivity (Wildman–Crippen MR) is 84.5 cm³/mol. The van der Waals surface area contributed by atoms with E-state index < -0.39 is 11.9 Å². The van der Waals surface area contributed by atoms with Gasteiger partial charge >= 0.3 is 0 Å². The molecule has 0 heterocycles.